The Morgan fingerprint density at radius 3 is 2.48 bits per heavy atom. The Bertz CT molecular complexity index is 1060. The Balaban J connectivity index is 1.99. The fraction of sp³-hybridized carbons (Fsp3) is 0.357. The first-order valence-corrected chi connectivity index (χ1v) is 11.3. The summed E-state index contributed by atoms with van der Waals surface area (Å²) >= 11 is 0. The van der Waals surface area contributed by atoms with Gasteiger partial charge < -0.3 is 14.6 Å². The SMILES string of the molecule is COc1cc(O)c(C(=O)[C@@H]2CC=C(CCC=C(C)C)C[C@H]2c2ccccc2)c(OC(C)=O)c1. The fourth-order valence-corrected chi connectivity index (χ4v) is 4.42. The molecule has 1 aliphatic rings. The normalized spacial score (nSPS) is 17.6. The van der Waals surface area contributed by atoms with Gasteiger partial charge in [-0.25, -0.2) is 0 Å². The number of allylic oxidation sites excluding steroid dienone is 4. The first kappa shape index (κ1) is 24.3. The van der Waals surface area contributed by atoms with Crippen LogP contribution in [0.15, 0.2) is 65.8 Å². The van der Waals surface area contributed by atoms with Gasteiger partial charge in [-0.05, 0) is 51.0 Å². The minimum atomic E-state index is -0.568. The van der Waals surface area contributed by atoms with Crippen LogP contribution in [0.25, 0.3) is 0 Å². The Morgan fingerprint density at radius 1 is 1.12 bits per heavy atom. The van der Waals surface area contributed by atoms with E-state index < -0.39 is 5.97 Å². The molecule has 0 amide bonds. The zero-order chi connectivity index (χ0) is 24.0. The number of ether oxygens (including phenoxy) is 2. The zero-order valence-electron chi connectivity index (χ0n) is 19.8. The van der Waals surface area contributed by atoms with Gasteiger partial charge in [-0.1, -0.05) is 53.6 Å². The number of benzene rings is 2. The molecule has 0 unspecified atom stereocenters. The molecule has 5 nitrogen and oxygen atoms in total. The summed E-state index contributed by atoms with van der Waals surface area (Å²) in [5.74, 6) is -1.13. The van der Waals surface area contributed by atoms with E-state index in [4.69, 9.17) is 9.47 Å². The van der Waals surface area contributed by atoms with Crippen LogP contribution in [0.1, 0.15) is 68.3 Å². The third kappa shape index (κ3) is 6.13. The quantitative estimate of drug-likeness (QED) is 0.220. The van der Waals surface area contributed by atoms with Crippen LogP contribution in [0.4, 0.5) is 0 Å². The van der Waals surface area contributed by atoms with Gasteiger partial charge in [0.1, 0.15) is 22.8 Å². The molecule has 3 rings (SSSR count). The summed E-state index contributed by atoms with van der Waals surface area (Å²) in [6.07, 6.45) is 7.67. The number of Topliss-reactive ketones (excluding diaryl/α,β-unsaturated/α-hetero) is 1. The van der Waals surface area contributed by atoms with Crippen LogP contribution in [0.2, 0.25) is 0 Å². The molecular formula is C28H32O5. The Hall–Kier alpha value is -3.34. The van der Waals surface area contributed by atoms with Gasteiger partial charge in [0, 0.05) is 25.0 Å². The number of hydrogen-bond donors (Lipinski definition) is 1. The lowest BCUT2D eigenvalue weighted by molar-refractivity contribution is -0.131. The summed E-state index contributed by atoms with van der Waals surface area (Å²) in [4.78, 5) is 25.5. The van der Waals surface area contributed by atoms with E-state index in [9.17, 15) is 14.7 Å². The minimum absolute atomic E-state index is 0.0227. The van der Waals surface area contributed by atoms with E-state index in [-0.39, 0.29) is 34.7 Å². The van der Waals surface area contributed by atoms with E-state index in [1.54, 1.807) is 0 Å². The maximum Gasteiger partial charge on any atom is 0.308 e. The molecule has 0 radical (unpaired) electrons. The molecule has 0 spiro atoms. The smallest absolute Gasteiger partial charge is 0.308 e. The number of methoxy groups -OCH3 is 1. The van der Waals surface area contributed by atoms with Gasteiger partial charge in [-0.3, -0.25) is 9.59 Å². The molecule has 0 heterocycles. The van der Waals surface area contributed by atoms with Crippen molar-refractivity contribution >= 4 is 11.8 Å². The molecule has 0 saturated heterocycles. The summed E-state index contributed by atoms with van der Waals surface area (Å²) in [6.45, 7) is 5.46. The molecule has 1 aliphatic carbocycles. The van der Waals surface area contributed by atoms with Gasteiger partial charge in [0.2, 0.25) is 0 Å². The number of phenols is 1. The topological polar surface area (TPSA) is 72.8 Å². The van der Waals surface area contributed by atoms with E-state index in [2.05, 4.69) is 26.0 Å². The van der Waals surface area contributed by atoms with E-state index in [1.807, 2.05) is 30.3 Å². The molecule has 1 N–H and O–H groups in total. The van der Waals surface area contributed by atoms with E-state index in [0.29, 0.717) is 12.2 Å². The lowest BCUT2D eigenvalue weighted by atomic mass is 9.72. The van der Waals surface area contributed by atoms with Crippen molar-refractivity contribution in [1.82, 2.24) is 0 Å². The third-order valence-electron chi connectivity index (χ3n) is 6.00. The number of aromatic hydroxyl groups is 1. The second-order valence-electron chi connectivity index (χ2n) is 8.72. The average molecular weight is 449 g/mol. The van der Waals surface area contributed by atoms with Gasteiger partial charge in [-0.2, -0.15) is 0 Å². The first-order valence-electron chi connectivity index (χ1n) is 11.3. The van der Waals surface area contributed by atoms with Crippen LogP contribution >= 0.6 is 0 Å². The van der Waals surface area contributed by atoms with Gasteiger partial charge in [0.25, 0.3) is 0 Å². The van der Waals surface area contributed by atoms with Crippen LogP contribution < -0.4 is 9.47 Å². The number of rotatable bonds is 8. The maximum atomic E-state index is 13.8. The monoisotopic (exact) mass is 448 g/mol. The highest BCUT2D eigenvalue weighted by Crippen LogP contribution is 2.44. The second-order valence-corrected chi connectivity index (χ2v) is 8.72. The van der Waals surface area contributed by atoms with Gasteiger partial charge in [0.05, 0.1) is 7.11 Å². The van der Waals surface area contributed by atoms with Crippen LogP contribution in [0, 0.1) is 5.92 Å². The number of phenolic OH excluding ortho intramolecular Hbond substituents is 1. The van der Waals surface area contributed by atoms with Crippen LogP contribution in [0.3, 0.4) is 0 Å². The van der Waals surface area contributed by atoms with E-state index in [1.165, 1.54) is 37.3 Å². The number of ketones is 1. The number of hydrogen-bond acceptors (Lipinski definition) is 5. The van der Waals surface area contributed by atoms with Crippen molar-refractivity contribution < 1.29 is 24.2 Å². The summed E-state index contributed by atoms with van der Waals surface area (Å²) in [5.41, 5.74) is 3.75. The van der Waals surface area contributed by atoms with Gasteiger partial charge >= 0.3 is 5.97 Å². The summed E-state index contributed by atoms with van der Waals surface area (Å²) in [7, 11) is 1.45. The lowest BCUT2D eigenvalue weighted by Gasteiger charge is -2.31. The molecule has 0 bridgehead atoms. The highest BCUT2D eigenvalue weighted by Gasteiger charge is 2.36. The lowest BCUT2D eigenvalue weighted by Crippen LogP contribution is -2.26. The molecular weight excluding hydrogens is 416 g/mol. The van der Waals surface area contributed by atoms with Crippen LogP contribution in [0.5, 0.6) is 17.2 Å². The molecule has 0 fully saturated rings. The minimum Gasteiger partial charge on any atom is -0.507 e. The molecule has 5 heteroatoms. The summed E-state index contributed by atoms with van der Waals surface area (Å²) in [6, 6.07) is 12.9. The standard InChI is InChI=1S/C28H32O5/c1-18(2)9-8-10-20-13-14-23(24(15-20)21-11-6-5-7-12-21)28(31)27-25(30)16-22(32-4)17-26(27)33-19(3)29/h5-7,9,11-13,16-17,23-24,30H,8,10,14-15H2,1-4H3/t23-,24+/m1/s1. The predicted octanol–water partition coefficient (Wildman–Crippen LogP) is 6.38. The highest BCUT2D eigenvalue weighted by atomic mass is 16.5. The van der Waals surface area contributed by atoms with Crippen molar-refractivity contribution in [3.63, 3.8) is 0 Å². The van der Waals surface area contributed by atoms with Gasteiger partial charge in [-0.15, -0.1) is 0 Å². The Morgan fingerprint density at radius 2 is 1.85 bits per heavy atom. The van der Waals surface area contributed by atoms with Crippen molar-refractivity contribution in [3.05, 3.63) is 76.9 Å². The number of esters is 1. The predicted molar refractivity (Wildman–Crippen MR) is 129 cm³/mol. The van der Waals surface area contributed by atoms with Crippen molar-refractivity contribution in [2.45, 2.75) is 52.4 Å². The largest absolute Gasteiger partial charge is 0.507 e. The second kappa shape index (κ2) is 11.0. The molecule has 174 valence electrons. The van der Waals surface area contributed by atoms with E-state index in [0.717, 1.165) is 24.8 Å². The zero-order valence-corrected chi connectivity index (χ0v) is 19.8. The Kier molecular flexibility index (Phi) is 8.10. The number of carbonyl (C=O) groups is 2. The maximum absolute atomic E-state index is 13.8. The first-order chi connectivity index (χ1) is 15.8. The summed E-state index contributed by atoms with van der Waals surface area (Å²) in [5, 5.41) is 10.7. The van der Waals surface area contributed by atoms with Crippen molar-refractivity contribution in [3.8, 4) is 17.2 Å². The fourth-order valence-electron chi connectivity index (χ4n) is 4.42. The number of carbonyl (C=O) groups excluding carboxylic acids is 2. The van der Waals surface area contributed by atoms with E-state index >= 15 is 0 Å². The molecule has 0 saturated carbocycles. The third-order valence-corrected chi connectivity index (χ3v) is 6.00. The molecule has 2 aromatic carbocycles. The average Bonchev–Trinajstić information content (AvgIpc) is 2.78. The Labute approximate surface area is 195 Å². The highest BCUT2D eigenvalue weighted by molar-refractivity contribution is 6.04. The van der Waals surface area contributed by atoms with Crippen LogP contribution in [-0.4, -0.2) is 24.0 Å². The van der Waals surface area contributed by atoms with Crippen molar-refractivity contribution in [1.29, 1.82) is 0 Å². The molecule has 0 aliphatic heterocycles. The van der Waals surface area contributed by atoms with Crippen molar-refractivity contribution in [2.24, 2.45) is 5.92 Å². The molecule has 2 aromatic rings. The molecule has 2 atom stereocenters. The summed E-state index contributed by atoms with van der Waals surface area (Å²) < 4.78 is 10.5. The molecule has 33 heavy (non-hydrogen) atoms. The van der Waals surface area contributed by atoms with Crippen molar-refractivity contribution in [2.75, 3.05) is 7.11 Å². The molecule has 0 aromatic heterocycles. The van der Waals surface area contributed by atoms with Gasteiger partial charge in [0.15, 0.2) is 5.78 Å². The van der Waals surface area contributed by atoms with Crippen LogP contribution in [-0.2, 0) is 4.79 Å².